The van der Waals surface area contributed by atoms with Gasteiger partial charge in [0.05, 0.1) is 21.5 Å². The summed E-state index contributed by atoms with van der Waals surface area (Å²) in [6.07, 6.45) is 0. The Hall–Kier alpha value is -7.55. The molecule has 12 aromatic rings. The molecule has 0 radical (unpaired) electrons. The second-order valence-electron chi connectivity index (χ2n) is 14.0. The minimum atomic E-state index is 0.566. The second-order valence-corrected chi connectivity index (χ2v) is 15.0. The molecule has 266 valence electrons. The van der Waals surface area contributed by atoms with Crippen LogP contribution in [-0.2, 0) is 0 Å². The molecule has 0 amide bonds. The van der Waals surface area contributed by atoms with Crippen molar-refractivity contribution in [3.05, 3.63) is 164 Å². The molecule has 0 bridgehead atoms. The summed E-state index contributed by atoms with van der Waals surface area (Å²) in [7, 11) is 0. The third-order valence-corrected chi connectivity index (χ3v) is 11.7. The zero-order valence-electron chi connectivity index (χ0n) is 30.0. The van der Waals surface area contributed by atoms with Gasteiger partial charge in [0.2, 0.25) is 0 Å². The van der Waals surface area contributed by atoms with Crippen LogP contribution in [-0.4, -0.2) is 24.9 Å². The molecule has 8 heteroatoms. The quantitative estimate of drug-likeness (QED) is 0.173. The number of para-hydroxylation sites is 3. The zero-order chi connectivity index (χ0) is 37.5. The monoisotopic (exact) mass is 749 g/mol. The molecule has 0 aliphatic heterocycles. The van der Waals surface area contributed by atoms with E-state index in [9.17, 15) is 0 Å². The first-order valence-electron chi connectivity index (χ1n) is 18.7. The van der Waals surface area contributed by atoms with Gasteiger partial charge in [-0.15, -0.1) is 11.3 Å². The molecule has 5 heterocycles. The maximum Gasteiger partial charge on any atom is 0.164 e. The average Bonchev–Trinajstić information content (AvgIpc) is 3.98. The lowest BCUT2D eigenvalue weighted by atomic mass is 10.0. The van der Waals surface area contributed by atoms with Crippen LogP contribution < -0.4 is 0 Å². The number of thiophene rings is 1. The normalized spacial score (nSPS) is 11.9. The van der Waals surface area contributed by atoms with Gasteiger partial charge in [-0.2, -0.15) is 0 Å². The highest BCUT2D eigenvalue weighted by Gasteiger charge is 2.24. The van der Waals surface area contributed by atoms with Gasteiger partial charge in [0.15, 0.2) is 23.3 Å². The number of benzene rings is 7. The van der Waals surface area contributed by atoms with Crippen molar-refractivity contribution < 1.29 is 8.83 Å². The first-order valence-corrected chi connectivity index (χ1v) is 19.5. The average molecular weight is 750 g/mol. The summed E-state index contributed by atoms with van der Waals surface area (Å²) in [5.74, 6) is 2.36. The number of nitrogens with zero attached hydrogens (tertiary/aromatic N) is 5. The summed E-state index contributed by atoms with van der Waals surface area (Å²) in [4.78, 5) is 25.7. The number of furan rings is 2. The fraction of sp³-hybridized carbons (Fsp3) is 0. The first-order chi connectivity index (χ1) is 28.2. The molecule has 0 fully saturated rings. The predicted molar refractivity (Wildman–Crippen MR) is 230 cm³/mol. The van der Waals surface area contributed by atoms with Crippen LogP contribution in [0.3, 0.4) is 0 Å². The van der Waals surface area contributed by atoms with Crippen molar-refractivity contribution in [2.75, 3.05) is 0 Å². The Kier molecular flexibility index (Phi) is 6.96. The Bertz CT molecular complexity index is 3480. The van der Waals surface area contributed by atoms with Crippen LogP contribution in [0.5, 0.6) is 0 Å². The van der Waals surface area contributed by atoms with Crippen molar-refractivity contribution >= 4 is 75.5 Å². The lowest BCUT2D eigenvalue weighted by Crippen LogP contribution is -2.00. The second kappa shape index (κ2) is 12.5. The molecule has 7 nitrogen and oxygen atoms in total. The van der Waals surface area contributed by atoms with Crippen molar-refractivity contribution in [3.8, 4) is 56.8 Å². The van der Waals surface area contributed by atoms with Crippen molar-refractivity contribution in [1.82, 2.24) is 24.9 Å². The predicted octanol–water partition coefficient (Wildman–Crippen LogP) is 13.2. The molecule has 57 heavy (non-hydrogen) atoms. The summed E-state index contributed by atoms with van der Waals surface area (Å²) in [6, 6.07) is 55.1. The fourth-order valence-electron chi connectivity index (χ4n) is 7.97. The summed E-state index contributed by atoms with van der Waals surface area (Å²) in [5, 5.41) is 5.03. The summed E-state index contributed by atoms with van der Waals surface area (Å²) in [5.41, 5.74) is 9.12. The van der Waals surface area contributed by atoms with E-state index in [1.807, 2.05) is 103 Å². The highest BCUT2D eigenvalue weighted by molar-refractivity contribution is 7.26. The highest BCUT2D eigenvalue weighted by Crippen LogP contribution is 2.45. The summed E-state index contributed by atoms with van der Waals surface area (Å²) in [6.45, 7) is 0. The molecule has 0 atom stereocenters. The van der Waals surface area contributed by atoms with Gasteiger partial charge in [0, 0.05) is 53.9 Å². The molecule has 12 rings (SSSR count). The Balaban J connectivity index is 1.11. The van der Waals surface area contributed by atoms with Crippen molar-refractivity contribution in [2.45, 2.75) is 0 Å². The van der Waals surface area contributed by atoms with Crippen LogP contribution in [0.4, 0.5) is 0 Å². The molecule has 0 saturated heterocycles. The van der Waals surface area contributed by atoms with Crippen molar-refractivity contribution in [3.63, 3.8) is 0 Å². The Morgan fingerprint density at radius 1 is 0.368 bits per heavy atom. The van der Waals surface area contributed by atoms with Crippen LogP contribution in [0.25, 0.3) is 121 Å². The topological polar surface area (TPSA) is 90.7 Å². The highest BCUT2D eigenvalue weighted by atomic mass is 32.1. The van der Waals surface area contributed by atoms with E-state index in [2.05, 4.69) is 60.7 Å². The number of hydrogen-bond donors (Lipinski definition) is 0. The molecule has 7 aromatic carbocycles. The molecular weight excluding hydrogens is 723 g/mol. The third kappa shape index (κ3) is 5.01. The van der Waals surface area contributed by atoms with Crippen LogP contribution in [0.15, 0.2) is 173 Å². The number of hydrogen-bond acceptors (Lipinski definition) is 8. The molecule has 0 unspecified atom stereocenters. The van der Waals surface area contributed by atoms with Crippen LogP contribution in [0.2, 0.25) is 0 Å². The summed E-state index contributed by atoms with van der Waals surface area (Å²) < 4.78 is 15.5. The fourth-order valence-corrected chi connectivity index (χ4v) is 9.11. The van der Waals surface area contributed by atoms with Crippen molar-refractivity contribution in [2.24, 2.45) is 0 Å². The number of aromatic nitrogens is 5. The number of rotatable bonds is 5. The van der Waals surface area contributed by atoms with Gasteiger partial charge in [-0.3, -0.25) is 0 Å². The summed E-state index contributed by atoms with van der Waals surface area (Å²) >= 11 is 1.69. The van der Waals surface area contributed by atoms with E-state index in [1.165, 1.54) is 0 Å². The molecule has 0 spiro atoms. The smallest absolute Gasteiger partial charge is 0.164 e. The Morgan fingerprint density at radius 2 is 0.912 bits per heavy atom. The van der Waals surface area contributed by atoms with E-state index in [0.717, 1.165) is 97.7 Å². The van der Waals surface area contributed by atoms with Crippen LogP contribution >= 0.6 is 11.3 Å². The van der Waals surface area contributed by atoms with E-state index in [4.69, 9.17) is 33.8 Å². The maximum atomic E-state index is 6.86. The Morgan fingerprint density at radius 3 is 1.70 bits per heavy atom. The Labute approximate surface area is 328 Å². The molecule has 0 saturated carbocycles. The van der Waals surface area contributed by atoms with Crippen molar-refractivity contribution in [1.29, 1.82) is 0 Å². The molecule has 0 aliphatic carbocycles. The molecule has 0 aliphatic rings. The SMILES string of the molecule is c1ccc(-c2nc(-c3ccccc3)nc(-c3cccc4oc5c(-c6nc(-c7cccc8c7oc7ccccc78)nc7c6sc6ccccc67)cccc5c34)n2)cc1. The van der Waals surface area contributed by atoms with Gasteiger partial charge in [0.1, 0.15) is 22.3 Å². The lowest BCUT2D eigenvalue weighted by molar-refractivity contribution is 0.669. The maximum absolute atomic E-state index is 6.86. The minimum absolute atomic E-state index is 0.566. The molecular formula is C49H27N5O2S. The molecule has 0 N–H and O–H groups in total. The van der Waals surface area contributed by atoms with Gasteiger partial charge in [-0.05, 0) is 30.3 Å². The lowest BCUT2D eigenvalue weighted by Gasteiger charge is -2.09. The first kappa shape index (κ1) is 31.8. The van der Waals surface area contributed by atoms with Gasteiger partial charge < -0.3 is 8.83 Å². The van der Waals surface area contributed by atoms with E-state index >= 15 is 0 Å². The van der Waals surface area contributed by atoms with E-state index < -0.39 is 0 Å². The largest absolute Gasteiger partial charge is 0.455 e. The number of fused-ring (bicyclic) bond motifs is 9. The van der Waals surface area contributed by atoms with Crippen LogP contribution in [0.1, 0.15) is 0 Å². The van der Waals surface area contributed by atoms with Gasteiger partial charge in [-0.1, -0.05) is 133 Å². The molecule has 5 aromatic heterocycles. The van der Waals surface area contributed by atoms with Gasteiger partial charge in [0.25, 0.3) is 0 Å². The van der Waals surface area contributed by atoms with E-state index in [0.29, 0.717) is 23.3 Å². The van der Waals surface area contributed by atoms with Crippen LogP contribution in [0, 0.1) is 0 Å². The standard InChI is InChI=1S/C49H27N5O2S/c1-3-14-28(15-4-1)46-52-47(29-16-5-2-6-17-29)54-48(53-46)34-22-13-26-38-40(34)33-21-12-23-35(44(33)56-38)42-45-41(32-19-8-10-27-39(32)57-45)50-49(51-42)36-24-11-20-31-30-18-7-9-25-37(30)55-43(31)36/h1-27H. The van der Waals surface area contributed by atoms with E-state index in [-0.39, 0.29) is 0 Å². The third-order valence-electron chi connectivity index (χ3n) is 10.6. The van der Waals surface area contributed by atoms with E-state index in [1.54, 1.807) is 11.3 Å². The zero-order valence-corrected chi connectivity index (χ0v) is 30.9. The van der Waals surface area contributed by atoms with Gasteiger partial charge in [-0.25, -0.2) is 24.9 Å². The van der Waals surface area contributed by atoms with Gasteiger partial charge >= 0.3 is 0 Å². The minimum Gasteiger partial charge on any atom is -0.455 e.